The zero-order valence-corrected chi connectivity index (χ0v) is 26.0. The summed E-state index contributed by atoms with van der Waals surface area (Å²) >= 11 is 0. The van der Waals surface area contributed by atoms with Crippen molar-refractivity contribution in [2.24, 2.45) is 0 Å². The van der Waals surface area contributed by atoms with E-state index in [1.54, 1.807) is 23.4 Å². The molecule has 8 nitrogen and oxygen atoms in total. The Kier molecular flexibility index (Phi) is 16.0. The maximum Gasteiger partial charge on any atom is 0.289 e. The number of likely N-dealkylation sites (N-methyl/N-ethyl adjacent to an activating group) is 1. The first kappa shape index (κ1) is 34.4. The molecule has 1 aromatic heterocycles. The van der Waals surface area contributed by atoms with Gasteiger partial charge in [0.2, 0.25) is 0 Å². The third kappa shape index (κ3) is 10.2. The molecule has 8 heteroatoms. The number of ether oxygens (including phenoxy) is 1. The zero-order chi connectivity index (χ0) is 30.1. The largest absolute Gasteiger partial charge is 0.455 e. The maximum atomic E-state index is 12.9. The van der Waals surface area contributed by atoms with E-state index in [2.05, 4.69) is 42.0 Å². The van der Waals surface area contributed by atoms with Crippen LogP contribution in [0.2, 0.25) is 0 Å². The van der Waals surface area contributed by atoms with Gasteiger partial charge in [0.1, 0.15) is 11.8 Å². The molecule has 0 fully saturated rings. The minimum Gasteiger partial charge on any atom is -0.455 e. The molecule has 0 aliphatic carbocycles. The van der Waals surface area contributed by atoms with E-state index in [1.165, 1.54) is 18.2 Å². The first-order chi connectivity index (χ1) is 19.3. The third-order valence-corrected chi connectivity index (χ3v) is 6.62. The first-order valence-electron chi connectivity index (χ1n) is 14.2. The van der Waals surface area contributed by atoms with Crippen LogP contribution in [-0.4, -0.2) is 63.7 Å². The number of nitrogens with zero attached hydrogens (tertiary/aromatic N) is 4. The Bertz CT molecular complexity index is 1120. The lowest BCUT2D eigenvalue weighted by molar-refractivity contribution is -0.131. The summed E-state index contributed by atoms with van der Waals surface area (Å²) in [6.07, 6.45) is 21.9. The number of aromatic amines is 1. The Hall–Kier alpha value is -3.65. The summed E-state index contributed by atoms with van der Waals surface area (Å²) < 4.78 is 6.02. The molecule has 1 amide bonds. The van der Waals surface area contributed by atoms with Gasteiger partial charge in [-0.2, -0.15) is 0 Å². The number of aromatic nitrogens is 2. The Balaban J connectivity index is 0.000000454. The molecule has 40 heavy (non-hydrogen) atoms. The van der Waals surface area contributed by atoms with E-state index < -0.39 is 0 Å². The number of hydrogen-bond acceptors (Lipinski definition) is 6. The lowest BCUT2D eigenvalue weighted by Crippen LogP contribution is -2.39. The van der Waals surface area contributed by atoms with Gasteiger partial charge in [-0.1, -0.05) is 45.4 Å². The number of allylic oxidation sites excluding steroid dienone is 8. The fourth-order valence-corrected chi connectivity index (χ4v) is 3.96. The van der Waals surface area contributed by atoms with Crippen LogP contribution in [0.15, 0.2) is 77.7 Å². The molecule has 220 valence electrons. The van der Waals surface area contributed by atoms with Crippen molar-refractivity contribution in [2.75, 3.05) is 20.6 Å². The predicted octanol–water partition coefficient (Wildman–Crippen LogP) is 6.70. The normalized spacial score (nSPS) is 18.2. The fourth-order valence-electron chi connectivity index (χ4n) is 3.96. The van der Waals surface area contributed by atoms with Crippen LogP contribution in [-0.2, 0) is 22.5 Å². The highest BCUT2D eigenvalue weighted by Gasteiger charge is 2.29. The van der Waals surface area contributed by atoms with E-state index >= 15 is 0 Å². The number of unbranched alkanes of at least 4 members (excludes halogenated alkanes) is 1. The van der Waals surface area contributed by atoms with Crippen LogP contribution in [0, 0.1) is 5.41 Å². The molecule has 1 atom stereocenters. The molecule has 0 spiro atoms. The number of hydrazine groups is 1. The molecule has 2 aliphatic rings. The molecule has 0 saturated heterocycles. The van der Waals surface area contributed by atoms with Crippen molar-refractivity contribution in [3.8, 4) is 0 Å². The molecule has 0 bridgehead atoms. The third-order valence-electron chi connectivity index (χ3n) is 6.62. The average molecular weight is 551 g/mol. The lowest BCUT2D eigenvalue weighted by Gasteiger charge is -2.30. The van der Waals surface area contributed by atoms with E-state index in [1.807, 2.05) is 77.1 Å². The van der Waals surface area contributed by atoms with E-state index in [0.29, 0.717) is 18.8 Å². The maximum absolute atomic E-state index is 12.9. The number of fused-ring (bicyclic) bond motifs is 1. The first-order valence-corrected chi connectivity index (χ1v) is 14.2. The second-order valence-electron chi connectivity index (χ2n) is 9.27. The minimum absolute atomic E-state index is 0.0154. The van der Waals surface area contributed by atoms with E-state index in [0.717, 1.165) is 35.6 Å². The minimum atomic E-state index is -0.0971. The van der Waals surface area contributed by atoms with Crippen molar-refractivity contribution in [2.45, 2.75) is 80.3 Å². The van der Waals surface area contributed by atoms with Crippen molar-refractivity contribution >= 4 is 12.1 Å². The van der Waals surface area contributed by atoms with Crippen LogP contribution < -0.4 is 0 Å². The molecule has 2 aliphatic heterocycles. The number of imidazole rings is 1. The SMILES string of the molecule is C/C=C(\O/C(=C\C)C1C=CN(C)N1C)C(=O)N1CCc2nc[nH]c2C1.CC.CCC\C=C/C=C(C)\C(C)=C\C=N. The Morgan fingerprint density at radius 2 is 1.88 bits per heavy atom. The molecule has 1 aromatic rings. The fraction of sp³-hybridized carbons (Fsp3) is 0.469. The summed E-state index contributed by atoms with van der Waals surface area (Å²) in [6, 6.07) is -0.0154. The van der Waals surface area contributed by atoms with E-state index in [9.17, 15) is 4.79 Å². The van der Waals surface area contributed by atoms with Crippen LogP contribution in [0.3, 0.4) is 0 Å². The molecule has 3 heterocycles. The zero-order valence-electron chi connectivity index (χ0n) is 26.0. The topological polar surface area (TPSA) is 88.6 Å². The molecule has 0 radical (unpaired) electrons. The van der Waals surface area contributed by atoms with Crippen molar-refractivity contribution in [3.63, 3.8) is 0 Å². The van der Waals surface area contributed by atoms with Gasteiger partial charge in [-0.25, -0.2) is 9.99 Å². The second-order valence-corrected chi connectivity index (χ2v) is 9.27. The van der Waals surface area contributed by atoms with Crippen molar-refractivity contribution in [1.29, 1.82) is 5.41 Å². The highest BCUT2D eigenvalue weighted by molar-refractivity contribution is 5.91. The van der Waals surface area contributed by atoms with Gasteiger partial charge in [-0.15, -0.1) is 0 Å². The standard InChI is InChI=1S/C18H25N5O2.C12H19N.C2H6/c1-5-16(15-8-9-21(3)22(15)4)25-17(6-2)18(24)23-10-7-13-14(11-23)20-12-19-13;1-4-5-6-7-8-11(2)12(3)9-10-13;1-2/h5-6,8-9,12,15H,7,10-11H2,1-4H3,(H,19,20);6-10,13H,4-5H2,1-3H3;1-2H3/b16-5-,17-6-;7-6-,11-8-,12-9+,13-10?;. The molecule has 3 rings (SSSR count). The van der Waals surface area contributed by atoms with Crippen LogP contribution in [0.1, 0.15) is 72.7 Å². The lowest BCUT2D eigenvalue weighted by atomic mass is 10.1. The van der Waals surface area contributed by atoms with Gasteiger partial charge in [-0.3, -0.25) is 4.79 Å². The van der Waals surface area contributed by atoms with Crippen molar-refractivity contribution in [1.82, 2.24) is 24.9 Å². The van der Waals surface area contributed by atoms with Crippen LogP contribution in [0.4, 0.5) is 0 Å². The summed E-state index contributed by atoms with van der Waals surface area (Å²) in [5, 5.41) is 11.0. The van der Waals surface area contributed by atoms with Gasteiger partial charge in [0.25, 0.3) is 5.91 Å². The van der Waals surface area contributed by atoms with Gasteiger partial charge in [0.15, 0.2) is 5.76 Å². The summed E-state index contributed by atoms with van der Waals surface area (Å²) in [6.45, 7) is 15.2. The number of rotatable bonds is 9. The van der Waals surface area contributed by atoms with Crippen molar-refractivity contribution in [3.05, 3.63) is 89.1 Å². The smallest absolute Gasteiger partial charge is 0.289 e. The van der Waals surface area contributed by atoms with Gasteiger partial charge in [0, 0.05) is 39.5 Å². The van der Waals surface area contributed by atoms with Gasteiger partial charge in [-0.05, 0) is 69.6 Å². The number of nitrogens with one attached hydrogen (secondary N) is 2. The van der Waals surface area contributed by atoms with Crippen molar-refractivity contribution < 1.29 is 9.53 Å². The van der Waals surface area contributed by atoms with Crippen LogP contribution in [0.5, 0.6) is 0 Å². The summed E-state index contributed by atoms with van der Waals surface area (Å²) in [5.74, 6) is 0.997. The van der Waals surface area contributed by atoms with Gasteiger partial charge in [0.05, 0.1) is 24.3 Å². The molecular formula is C32H50N6O2. The number of H-pyrrole nitrogens is 1. The predicted molar refractivity (Wildman–Crippen MR) is 166 cm³/mol. The Labute approximate surface area is 242 Å². The van der Waals surface area contributed by atoms with E-state index in [4.69, 9.17) is 10.1 Å². The molecule has 0 saturated carbocycles. The van der Waals surface area contributed by atoms with Crippen LogP contribution in [0.25, 0.3) is 0 Å². The van der Waals surface area contributed by atoms with Gasteiger partial charge < -0.3 is 25.0 Å². The highest BCUT2D eigenvalue weighted by Crippen LogP contribution is 2.24. The highest BCUT2D eigenvalue weighted by atomic mass is 16.5. The summed E-state index contributed by atoms with van der Waals surface area (Å²) in [4.78, 5) is 22.1. The summed E-state index contributed by atoms with van der Waals surface area (Å²) in [5.41, 5.74) is 4.41. The molecule has 0 aromatic carbocycles. The Morgan fingerprint density at radius 3 is 2.45 bits per heavy atom. The Morgan fingerprint density at radius 1 is 1.18 bits per heavy atom. The monoisotopic (exact) mass is 550 g/mol. The van der Waals surface area contributed by atoms with Crippen LogP contribution >= 0.6 is 0 Å². The van der Waals surface area contributed by atoms with E-state index in [-0.39, 0.29) is 11.9 Å². The number of carbonyl (C=O) groups is 1. The summed E-state index contributed by atoms with van der Waals surface area (Å²) in [7, 11) is 3.96. The number of carbonyl (C=O) groups excluding carboxylic acids is 1. The number of amides is 1. The molecule has 1 unspecified atom stereocenters. The quantitative estimate of drug-likeness (QED) is 0.154. The van der Waals surface area contributed by atoms with Gasteiger partial charge >= 0.3 is 0 Å². The second kappa shape index (κ2) is 18.6. The average Bonchev–Trinajstić information content (AvgIpc) is 3.58. The molecule has 2 N–H and O–H groups in total. The molecular weight excluding hydrogens is 500 g/mol. The number of hydrogen-bond donors (Lipinski definition) is 2.